The Hall–Kier alpha value is -0.0800. The summed E-state index contributed by atoms with van der Waals surface area (Å²) in [4.78, 5) is 0. The molecule has 2 atom stereocenters. The molecular formula is C10H20N2. The maximum absolute atomic E-state index is 3.57. The Morgan fingerprint density at radius 3 is 2.92 bits per heavy atom. The van der Waals surface area contributed by atoms with Gasteiger partial charge in [-0.3, -0.25) is 0 Å². The first-order valence-electron chi connectivity index (χ1n) is 5.17. The molecule has 0 bridgehead atoms. The zero-order valence-corrected chi connectivity index (χ0v) is 8.19. The van der Waals surface area contributed by atoms with Crippen molar-refractivity contribution in [2.24, 2.45) is 11.3 Å². The first-order valence-corrected chi connectivity index (χ1v) is 5.17. The minimum Gasteiger partial charge on any atom is -0.316 e. The molecule has 0 aromatic carbocycles. The van der Waals surface area contributed by atoms with Crippen molar-refractivity contribution in [3.8, 4) is 0 Å². The summed E-state index contributed by atoms with van der Waals surface area (Å²) in [5.74, 6) is 0.976. The molecule has 2 nitrogen and oxygen atoms in total. The second-order valence-corrected chi connectivity index (χ2v) is 4.76. The van der Waals surface area contributed by atoms with Gasteiger partial charge in [0.05, 0.1) is 0 Å². The van der Waals surface area contributed by atoms with Gasteiger partial charge in [0.25, 0.3) is 0 Å². The van der Waals surface area contributed by atoms with E-state index in [0.29, 0.717) is 11.5 Å². The minimum absolute atomic E-state index is 0.640. The van der Waals surface area contributed by atoms with Crippen molar-refractivity contribution in [3.05, 3.63) is 0 Å². The van der Waals surface area contributed by atoms with Crippen LogP contribution in [0.1, 0.15) is 26.7 Å². The highest BCUT2D eigenvalue weighted by Crippen LogP contribution is 2.48. The molecule has 2 fully saturated rings. The van der Waals surface area contributed by atoms with Gasteiger partial charge in [-0.1, -0.05) is 13.8 Å². The van der Waals surface area contributed by atoms with Gasteiger partial charge in [-0.15, -0.1) is 0 Å². The van der Waals surface area contributed by atoms with E-state index >= 15 is 0 Å². The van der Waals surface area contributed by atoms with E-state index in [-0.39, 0.29) is 0 Å². The van der Waals surface area contributed by atoms with Crippen molar-refractivity contribution in [3.63, 3.8) is 0 Å². The van der Waals surface area contributed by atoms with Gasteiger partial charge in [0, 0.05) is 19.1 Å². The molecule has 0 aromatic rings. The van der Waals surface area contributed by atoms with E-state index in [4.69, 9.17) is 0 Å². The number of fused-ring (bicyclic) bond motifs is 1. The minimum atomic E-state index is 0.640. The monoisotopic (exact) mass is 168 g/mol. The zero-order valence-electron chi connectivity index (χ0n) is 8.19. The standard InChI is InChI=1S/C10H20N2/c1-8(2)12-7-10-4-3-9(10)5-11-6-10/h8-9,11-12H,3-7H2,1-2H3. The van der Waals surface area contributed by atoms with Crippen LogP contribution in [0, 0.1) is 11.3 Å². The van der Waals surface area contributed by atoms with Gasteiger partial charge >= 0.3 is 0 Å². The van der Waals surface area contributed by atoms with Crippen LogP contribution in [0.2, 0.25) is 0 Å². The van der Waals surface area contributed by atoms with Crippen LogP contribution < -0.4 is 10.6 Å². The quantitative estimate of drug-likeness (QED) is 0.656. The SMILES string of the molecule is CC(C)NCC12CCC1CNC2. The second-order valence-electron chi connectivity index (χ2n) is 4.76. The maximum Gasteiger partial charge on any atom is 0.00255 e. The lowest BCUT2D eigenvalue weighted by Crippen LogP contribution is -2.48. The van der Waals surface area contributed by atoms with Gasteiger partial charge in [-0.25, -0.2) is 0 Å². The molecule has 0 amide bonds. The fourth-order valence-electron chi connectivity index (χ4n) is 2.51. The molecule has 0 radical (unpaired) electrons. The molecule has 2 aliphatic rings. The topological polar surface area (TPSA) is 24.1 Å². The molecule has 2 heteroatoms. The molecule has 2 rings (SSSR count). The highest BCUT2D eigenvalue weighted by Gasteiger charge is 2.49. The van der Waals surface area contributed by atoms with Crippen LogP contribution in [0.5, 0.6) is 0 Å². The molecule has 1 aliphatic carbocycles. The molecule has 1 heterocycles. The van der Waals surface area contributed by atoms with Gasteiger partial charge < -0.3 is 10.6 Å². The van der Waals surface area contributed by atoms with E-state index in [2.05, 4.69) is 24.5 Å². The summed E-state index contributed by atoms with van der Waals surface area (Å²) >= 11 is 0. The zero-order chi connectivity index (χ0) is 8.60. The van der Waals surface area contributed by atoms with E-state index < -0.39 is 0 Å². The summed E-state index contributed by atoms with van der Waals surface area (Å²) in [6, 6.07) is 0.640. The molecule has 0 aromatic heterocycles. The average Bonchev–Trinajstić information content (AvgIpc) is 2.25. The average molecular weight is 168 g/mol. The molecule has 1 aliphatic heterocycles. The summed E-state index contributed by atoms with van der Waals surface area (Å²) < 4.78 is 0. The summed E-state index contributed by atoms with van der Waals surface area (Å²) in [5, 5.41) is 7.08. The van der Waals surface area contributed by atoms with E-state index in [1.807, 2.05) is 0 Å². The molecule has 2 unspecified atom stereocenters. The predicted molar refractivity (Wildman–Crippen MR) is 51.2 cm³/mol. The molecule has 2 N–H and O–H groups in total. The fraction of sp³-hybridized carbons (Fsp3) is 1.00. The third-order valence-electron chi connectivity index (χ3n) is 3.59. The number of hydrogen-bond donors (Lipinski definition) is 2. The Bertz CT molecular complexity index is 167. The maximum atomic E-state index is 3.57. The Kier molecular flexibility index (Phi) is 2.13. The lowest BCUT2D eigenvalue weighted by Gasteiger charge is -2.44. The molecular weight excluding hydrogens is 148 g/mol. The van der Waals surface area contributed by atoms with Crippen molar-refractivity contribution in [1.29, 1.82) is 0 Å². The first-order chi connectivity index (χ1) is 5.73. The third kappa shape index (κ3) is 1.27. The normalized spacial score (nSPS) is 39.8. The number of hydrogen-bond acceptors (Lipinski definition) is 2. The van der Waals surface area contributed by atoms with Gasteiger partial charge in [0.2, 0.25) is 0 Å². The van der Waals surface area contributed by atoms with E-state index in [1.165, 1.54) is 32.5 Å². The molecule has 0 spiro atoms. The van der Waals surface area contributed by atoms with Crippen LogP contribution in [0.4, 0.5) is 0 Å². The largest absolute Gasteiger partial charge is 0.316 e. The van der Waals surface area contributed by atoms with Gasteiger partial charge in [0.1, 0.15) is 0 Å². The van der Waals surface area contributed by atoms with Gasteiger partial charge in [0.15, 0.2) is 0 Å². The van der Waals surface area contributed by atoms with Crippen LogP contribution >= 0.6 is 0 Å². The van der Waals surface area contributed by atoms with Crippen molar-refractivity contribution in [2.75, 3.05) is 19.6 Å². The van der Waals surface area contributed by atoms with Crippen LogP contribution in [-0.4, -0.2) is 25.7 Å². The van der Waals surface area contributed by atoms with E-state index in [1.54, 1.807) is 0 Å². The van der Waals surface area contributed by atoms with Crippen molar-refractivity contribution in [1.82, 2.24) is 10.6 Å². The highest BCUT2D eigenvalue weighted by atomic mass is 15.0. The van der Waals surface area contributed by atoms with E-state index in [0.717, 1.165) is 5.92 Å². The Balaban J connectivity index is 1.85. The van der Waals surface area contributed by atoms with Crippen molar-refractivity contribution < 1.29 is 0 Å². The lowest BCUT2D eigenvalue weighted by atomic mass is 9.62. The number of nitrogens with one attached hydrogen (secondary N) is 2. The van der Waals surface area contributed by atoms with Crippen LogP contribution in [0.25, 0.3) is 0 Å². The molecule has 12 heavy (non-hydrogen) atoms. The van der Waals surface area contributed by atoms with Crippen LogP contribution in [-0.2, 0) is 0 Å². The predicted octanol–water partition coefficient (Wildman–Crippen LogP) is 0.984. The number of rotatable bonds is 3. The molecule has 70 valence electrons. The Labute approximate surface area is 75.1 Å². The highest BCUT2D eigenvalue weighted by molar-refractivity contribution is 5.03. The summed E-state index contributed by atoms with van der Waals surface area (Å²) in [7, 11) is 0. The van der Waals surface area contributed by atoms with Crippen LogP contribution in [0.15, 0.2) is 0 Å². The van der Waals surface area contributed by atoms with Gasteiger partial charge in [-0.05, 0) is 30.7 Å². The van der Waals surface area contributed by atoms with Crippen molar-refractivity contribution >= 4 is 0 Å². The first kappa shape index (κ1) is 8.52. The molecule has 1 saturated heterocycles. The molecule has 1 saturated carbocycles. The van der Waals surface area contributed by atoms with Gasteiger partial charge in [-0.2, -0.15) is 0 Å². The Morgan fingerprint density at radius 1 is 1.58 bits per heavy atom. The second kappa shape index (κ2) is 3.00. The fourth-order valence-corrected chi connectivity index (χ4v) is 2.51. The Morgan fingerprint density at radius 2 is 2.42 bits per heavy atom. The third-order valence-corrected chi connectivity index (χ3v) is 3.59. The van der Waals surface area contributed by atoms with Crippen LogP contribution in [0.3, 0.4) is 0 Å². The summed E-state index contributed by atoms with van der Waals surface area (Å²) in [6.07, 6.45) is 2.89. The lowest BCUT2D eigenvalue weighted by molar-refractivity contribution is 0.0825. The smallest absolute Gasteiger partial charge is 0.00255 e. The van der Waals surface area contributed by atoms with E-state index in [9.17, 15) is 0 Å². The van der Waals surface area contributed by atoms with Crippen molar-refractivity contribution in [2.45, 2.75) is 32.7 Å². The summed E-state index contributed by atoms with van der Waals surface area (Å²) in [6.45, 7) is 8.19. The summed E-state index contributed by atoms with van der Waals surface area (Å²) in [5.41, 5.74) is 0.643.